The largest absolute Gasteiger partial charge is 0.493 e. The predicted octanol–water partition coefficient (Wildman–Crippen LogP) is 4.62. The van der Waals surface area contributed by atoms with Crippen molar-refractivity contribution in [2.45, 2.75) is 26.4 Å². The van der Waals surface area contributed by atoms with Gasteiger partial charge in [-0.05, 0) is 38.1 Å². The molecule has 0 radical (unpaired) electrons. The number of para-hydroxylation sites is 1. The molecule has 25 heavy (non-hydrogen) atoms. The van der Waals surface area contributed by atoms with Gasteiger partial charge in [-0.3, -0.25) is 9.78 Å². The number of rotatable bonds is 6. The first-order valence-electron chi connectivity index (χ1n) is 8.35. The van der Waals surface area contributed by atoms with Gasteiger partial charge in [0, 0.05) is 17.1 Å². The Labute approximate surface area is 147 Å². The summed E-state index contributed by atoms with van der Waals surface area (Å²) in [6.07, 6.45) is 1.62. The van der Waals surface area contributed by atoms with Gasteiger partial charge < -0.3 is 9.47 Å². The first kappa shape index (κ1) is 17.0. The number of pyridine rings is 1. The Balaban J connectivity index is 1.51. The summed E-state index contributed by atoms with van der Waals surface area (Å²) >= 11 is 0. The van der Waals surface area contributed by atoms with Crippen molar-refractivity contribution in [3.05, 3.63) is 71.9 Å². The maximum Gasteiger partial charge on any atom is 0.309 e. The van der Waals surface area contributed by atoms with Crippen LogP contribution in [0.3, 0.4) is 0 Å². The summed E-state index contributed by atoms with van der Waals surface area (Å²) in [6.45, 7) is 4.17. The zero-order valence-electron chi connectivity index (χ0n) is 14.4. The Kier molecular flexibility index (Phi) is 5.29. The van der Waals surface area contributed by atoms with E-state index in [1.807, 2.05) is 68.4 Å². The molecular formula is C21H21NO3. The van der Waals surface area contributed by atoms with Gasteiger partial charge in [-0.25, -0.2) is 0 Å². The lowest BCUT2D eigenvalue weighted by Gasteiger charge is -2.14. The summed E-state index contributed by atoms with van der Waals surface area (Å²) in [4.78, 5) is 16.4. The first-order valence-corrected chi connectivity index (χ1v) is 8.35. The Morgan fingerprint density at radius 3 is 2.68 bits per heavy atom. The fourth-order valence-electron chi connectivity index (χ4n) is 2.52. The number of hydrogen-bond acceptors (Lipinski definition) is 4. The van der Waals surface area contributed by atoms with Crippen LogP contribution in [-0.4, -0.2) is 17.6 Å². The van der Waals surface area contributed by atoms with Crippen molar-refractivity contribution in [3.63, 3.8) is 0 Å². The van der Waals surface area contributed by atoms with Gasteiger partial charge in [0.25, 0.3) is 0 Å². The highest BCUT2D eigenvalue weighted by Gasteiger charge is 2.13. The molecule has 0 fully saturated rings. The van der Waals surface area contributed by atoms with Gasteiger partial charge in [0.1, 0.15) is 11.9 Å². The van der Waals surface area contributed by atoms with Crippen LogP contribution >= 0.6 is 0 Å². The van der Waals surface area contributed by atoms with Gasteiger partial charge in [-0.15, -0.1) is 0 Å². The SMILES string of the molecule is Cc1ccc(OCCC(=O)O[C@H](C)c2cnc3ccccc3c2)cc1. The number of hydrogen-bond donors (Lipinski definition) is 0. The normalized spacial score (nSPS) is 11.9. The highest BCUT2D eigenvalue weighted by molar-refractivity contribution is 5.79. The van der Waals surface area contributed by atoms with Crippen molar-refractivity contribution in [1.82, 2.24) is 4.98 Å². The number of ether oxygens (including phenoxy) is 2. The van der Waals surface area contributed by atoms with Crippen LogP contribution in [0.5, 0.6) is 5.75 Å². The van der Waals surface area contributed by atoms with Crippen LogP contribution in [0.4, 0.5) is 0 Å². The molecule has 0 spiro atoms. The van der Waals surface area contributed by atoms with Gasteiger partial charge >= 0.3 is 5.97 Å². The van der Waals surface area contributed by atoms with Crippen LogP contribution in [0.25, 0.3) is 10.9 Å². The van der Waals surface area contributed by atoms with E-state index in [1.165, 1.54) is 5.56 Å². The fraction of sp³-hybridized carbons (Fsp3) is 0.238. The van der Waals surface area contributed by atoms with Crippen LogP contribution in [0.1, 0.15) is 30.6 Å². The van der Waals surface area contributed by atoms with Crippen molar-refractivity contribution in [1.29, 1.82) is 0 Å². The zero-order chi connectivity index (χ0) is 17.6. The van der Waals surface area contributed by atoms with Crippen LogP contribution in [-0.2, 0) is 9.53 Å². The number of esters is 1. The van der Waals surface area contributed by atoms with Crippen molar-refractivity contribution in [3.8, 4) is 5.75 Å². The quantitative estimate of drug-likeness (QED) is 0.617. The van der Waals surface area contributed by atoms with Gasteiger partial charge in [0.2, 0.25) is 0 Å². The molecule has 1 aromatic heterocycles. The van der Waals surface area contributed by atoms with E-state index in [0.717, 1.165) is 22.2 Å². The standard InChI is InChI=1S/C21H21NO3/c1-15-7-9-19(10-8-15)24-12-11-21(23)25-16(2)18-13-17-5-3-4-6-20(17)22-14-18/h3-10,13-14,16H,11-12H2,1-2H3/t16-/m1/s1. The minimum absolute atomic E-state index is 0.208. The third-order valence-electron chi connectivity index (χ3n) is 3.99. The van der Waals surface area contributed by atoms with Crippen molar-refractivity contribution in [2.75, 3.05) is 6.61 Å². The molecule has 3 aromatic rings. The molecule has 0 saturated heterocycles. The van der Waals surface area contributed by atoms with Crippen molar-refractivity contribution < 1.29 is 14.3 Å². The summed E-state index contributed by atoms with van der Waals surface area (Å²) in [6, 6.07) is 17.6. The second-order valence-electron chi connectivity index (χ2n) is 6.00. The first-order chi connectivity index (χ1) is 12.1. The zero-order valence-corrected chi connectivity index (χ0v) is 14.4. The van der Waals surface area contributed by atoms with E-state index in [1.54, 1.807) is 6.20 Å². The molecule has 128 valence electrons. The highest BCUT2D eigenvalue weighted by Crippen LogP contribution is 2.21. The molecule has 1 atom stereocenters. The van der Waals surface area contributed by atoms with Gasteiger partial charge in [-0.2, -0.15) is 0 Å². The lowest BCUT2D eigenvalue weighted by molar-refractivity contribution is -0.149. The molecule has 0 aliphatic rings. The number of carbonyl (C=O) groups excluding carboxylic acids is 1. The highest BCUT2D eigenvalue weighted by atomic mass is 16.5. The maximum atomic E-state index is 12.0. The molecule has 0 bridgehead atoms. The Morgan fingerprint density at radius 2 is 1.88 bits per heavy atom. The van der Waals surface area contributed by atoms with E-state index in [2.05, 4.69) is 4.98 Å². The lowest BCUT2D eigenvalue weighted by atomic mass is 10.1. The molecule has 3 rings (SSSR count). The molecule has 0 unspecified atom stereocenters. The van der Waals surface area contributed by atoms with Gasteiger partial charge in [0.15, 0.2) is 0 Å². The number of nitrogens with zero attached hydrogens (tertiary/aromatic N) is 1. The lowest BCUT2D eigenvalue weighted by Crippen LogP contribution is -2.12. The maximum absolute atomic E-state index is 12.0. The summed E-state index contributed by atoms with van der Waals surface area (Å²) in [5.74, 6) is 0.470. The molecular weight excluding hydrogens is 314 g/mol. The number of aryl methyl sites for hydroxylation is 1. The van der Waals surface area contributed by atoms with Crippen molar-refractivity contribution >= 4 is 16.9 Å². The van der Waals surface area contributed by atoms with Crippen LogP contribution in [0, 0.1) is 6.92 Å². The number of carbonyl (C=O) groups is 1. The summed E-state index contributed by atoms with van der Waals surface area (Å²) in [5, 5.41) is 1.03. The van der Waals surface area contributed by atoms with Gasteiger partial charge in [0.05, 0.1) is 18.5 Å². The topological polar surface area (TPSA) is 48.4 Å². The number of benzene rings is 2. The third kappa shape index (κ3) is 4.57. The second kappa shape index (κ2) is 7.79. The Bertz CT molecular complexity index is 858. The van der Waals surface area contributed by atoms with Crippen LogP contribution in [0.2, 0.25) is 0 Å². The second-order valence-corrected chi connectivity index (χ2v) is 6.00. The van der Waals surface area contributed by atoms with E-state index < -0.39 is 0 Å². The molecule has 0 aliphatic carbocycles. The average molecular weight is 335 g/mol. The minimum Gasteiger partial charge on any atom is -0.493 e. The molecule has 4 nitrogen and oxygen atoms in total. The molecule has 2 aromatic carbocycles. The number of fused-ring (bicyclic) bond motifs is 1. The van der Waals surface area contributed by atoms with Gasteiger partial charge in [-0.1, -0.05) is 35.9 Å². The Hall–Kier alpha value is -2.88. The number of aromatic nitrogens is 1. The van der Waals surface area contributed by atoms with E-state index in [9.17, 15) is 4.79 Å². The monoisotopic (exact) mass is 335 g/mol. The van der Waals surface area contributed by atoms with E-state index >= 15 is 0 Å². The summed E-state index contributed by atoms with van der Waals surface area (Å²) in [5.41, 5.74) is 2.98. The molecule has 1 heterocycles. The average Bonchev–Trinajstić information content (AvgIpc) is 2.63. The van der Waals surface area contributed by atoms with Crippen LogP contribution < -0.4 is 4.74 Å². The van der Waals surface area contributed by atoms with Crippen LogP contribution in [0.15, 0.2) is 60.8 Å². The predicted molar refractivity (Wildman–Crippen MR) is 97.5 cm³/mol. The van der Waals surface area contributed by atoms with E-state index in [-0.39, 0.29) is 18.5 Å². The summed E-state index contributed by atoms with van der Waals surface area (Å²) in [7, 11) is 0. The molecule has 0 N–H and O–H groups in total. The van der Waals surface area contributed by atoms with Crippen molar-refractivity contribution in [2.24, 2.45) is 0 Å². The summed E-state index contributed by atoms with van der Waals surface area (Å²) < 4.78 is 11.0. The minimum atomic E-state index is -0.344. The molecule has 0 amide bonds. The third-order valence-corrected chi connectivity index (χ3v) is 3.99. The van der Waals surface area contributed by atoms with E-state index in [4.69, 9.17) is 9.47 Å². The Morgan fingerprint density at radius 1 is 1.12 bits per heavy atom. The molecule has 0 aliphatic heterocycles. The smallest absolute Gasteiger partial charge is 0.309 e. The molecule has 4 heteroatoms. The molecule has 0 saturated carbocycles. The fourth-order valence-corrected chi connectivity index (χ4v) is 2.52. The van der Waals surface area contributed by atoms with E-state index in [0.29, 0.717) is 6.61 Å².